The number of rotatable bonds is 18. The predicted molar refractivity (Wildman–Crippen MR) is 525 cm³/mol. The van der Waals surface area contributed by atoms with E-state index in [1.54, 1.807) is 18.2 Å². The van der Waals surface area contributed by atoms with Gasteiger partial charge in [0.15, 0.2) is 0 Å². The number of fused-ring (bicyclic) bond motifs is 6. The van der Waals surface area contributed by atoms with E-state index in [2.05, 4.69) is 0 Å². The molecule has 124 heavy (non-hydrogen) atoms. The van der Waals surface area contributed by atoms with Gasteiger partial charge in [-0.1, -0.05) is 363 Å². The van der Waals surface area contributed by atoms with Gasteiger partial charge in [-0.05, 0) is 256 Å². The monoisotopic (exact) mass is 1650 g/mol. The van der Waals surface area contributed by atoms with Gasteiger partial charge in [0.2, 0.25) is 0 Å². The standard InChI is InChI=1S/2C60H42N2/c2*1-4-13-43(14-5-1)46-23-32-53(33-24-46)61(54-34-27-48(28-35-54)51-20-12-19-50(41-51)45-17-8-3-9-18-45)55-36-29-49(30-37-55)52-31-40-60-58(42-52)57-21-10-11-22-59(57)62(60)56-38-25-47(26-39-56)44-15-6-2-7-16-44/h2*1-42H/i1D,2D,3D,4D,5D,6D,7D,8D,9D,10D,11D,12D,13D,14D,15D,16D,17D,18D,19D,20D,21D,22D,23D,24D,25D,26D,27D,28D,29D,30D,31D,32D,33D,34D,35D,36D,37D,38D,39D,40D,41D,42D;1D,3D,4D,5D,8D,9D,12D,13D,14D,17D,18D,19D,20D,23D,24D,27D,28D,29D,30D,32D,33D,34D,35D,36D,37D,41D. The summed E-state index contributed by atoms with van der Waals surface area (Å²) in [6.45, 7) is 0. The first-order chi connectivity index (χ1) is 89.8. The molecule has 0 amide bonds. The van der Waals surface area contributed by atoms with Crippen molar-refractivity contribution in [2.45, 2.75) is 0 Å². The normalized spacial score (nSPS) is 18.9. The smallest absolute Gasteiger partial charge is 0.0645 e. The fourth-order valence-electron chi connectivity index (χ4n) is 13.3. The lowest BCUT2D eigenvalue weighted by molar-refractivity contribution is 1.18. The zero-order valence-electron chi connectivity index (χ0n) is 131. The number of benzene rings is 20. The van der Waals surface area contributed by atoms with Crippen LogP contribution in [0.1, 0.15) is 93.2 Å². The van der Waals surface area contributed by atoms with Crippen LogP contribution in [0.25, 0.3) is 166 Å². The van der Waals surface area contributed by atoms with Crippen LogP contribution in [-0.2, 0) is 0 Å². The Morgan fingerprint density at radius 3 is 0.871 bits per heavy atom. The largest absolute Gasteiger partial charge is 0.311 e. The molecule has 20 aromatic carbocycles. The van der Waals surface area contributed by atoms with Gasteiger partial charge in [-0.3, -0.25) is 0 Å². The van der Waals surface area contributed by atoms with Gasteiger partial charge in [-0.2, -0.15) is 0 Å². The Balaban J connectivity index is 0.000000216. The Morgan fingerprint density at radius 2 is 0.444 bits per heavy atom. The summed E-state index contributed by atoms with van der Waals surface area (Å²) in [4.78, 5) is 0.616. The molecule has 22 aromatic rings. The van der Waals surface area contributed by atoms with Crippen LogP contribution in [0.15, 0.2) is 508 Å². The lowest BCUT2D eigenvalue weighted by Crippen LogP contribution is -2.09. The molecule has 0 bridgehead atoms. The second kappa shape index (κ2) is 33.8. The Hall–Kier alpha value is -16.4. The summed E-state index contributed by atoms with van der Waals surface area (Å²) >= 11 is 0. The third-order valence-corrected chi connectivity index (χ3v) is 18.9. The minimum atomic E-state index is -1.47. The van der Waals surface area contributed by atoms with Crippen LogP contribution < -0.4 is 9.80 Å². The Morgan fingerprint density at radius 1 is 0.153 bits per heavy atom. The molecule has 4 heteroatoms. The molecule has 0 radical (unpaired) electrons. The maximum Gasteiger partial charge on any atom is 0.0645 e. The van der Waals surface area contributed by atoms with Crippen molar-refractivity contribution in [3.63, 3.8) is 0 Å². The molecule has 0 aliphatic carbocycles. The molecular weight excluding hydrogens is 1500 g/mol. The highest BCUT2D eigenvalue weighted by Crippen LogP contribution is 2.44. The van der Waals surface area contributed by atoms with Crippen LogP contribution >= 0.6 is 0 Å². The lowest BCUT2D eigenvalue weighted by Gasteiger charge is -2.26. The van der Waals surface area contributed by atoms with Gasteiger partial charge in [0.05, 0.1) is 115 Å². The molecular formula is C120H84N4. The van der Waals surface area contributed by atoms with Crippen LogP contribution in [0.2, 0.25) is 0 Å². The molecule has 0 fully saturated rings. The van der Waals surface area contributed by atoms with Crippen LogP contribution in [0.4, 0.5) is 34.1 Å². The molecule has 4 nitrogen and oxygen atoms in total. The van der Waals surface area contributed by atoms with E-state index < -0.39 is 562 Å². The molecule has 0 saturated heterocycles. The maximum atomic E-state index is 9.91. The first kappa shape index (κ1) is 32.0. The van der Waals surface area contributed by atoms with E-state index in [1.807, 2.05) is 83.4 Å². The van der Waals surface area contributed by atoms with Crippen molar-refractivity contribution in [1.82, 2.24) is 9.13 Å². The summed E-state index contributed by atoms with van der Waals surface area (Å²) in [5.41, 5.74) is -20.2. The summed E-state index contributed by atoms with van der Waals surface area (Å²) < 4.78 is 617. The molecule has 0 atom stereocenters. The first-order valence-electron chi connectivity index (χ1n) is 71.0. The van der Waals surface area contributed by atoms with Crippen LogP contribution in [0.3, 0.4) is 0 Å². The summed E-state index contributed by atoms with van der Waals surface area (Å²) in [7, 11) is 0. The van der Waals surface area contributed by atoms with E-state index in [4.69, 9.17) is 45.2 Å². The van der Waals surface area contributed by atoms with Crippen molar-refractivity contribution in [1.29, 1.82) is 0 Å². The highest BCUT2D eigenvalue weighted by molar-refractivity contribution is 6.12. The van der Waals surface area contributed by atoms with E-state index in [-0.39, 0.29) is 16.0 Å². The quantitative estimate of drug-likeness (QED) is 0.0851. The van der Waals surface area contributed by atoms with Gasteiger partial charge in [0, 0.05) is 67.0 Å². The van der Waals surface area contributed by atoms with Crippen LogP contribution in [0.5, 0.6) is 0 Å². The average Bonchev–Trinajstić information content (AvgIpc) is 1.53. The molecule has 0 spiro atoms. The Labute approximate surface area is 819 Å². The summed E-state index contributed by atoms with van der Waals surface area (Å²) in [5.74, 6) is 0. The number of anilines is 6. The molecule has 0 N–H and O–H groups in total. The summed E-state index contributed by atoms with van der Waals surface area (Å²) in [5, 5.41) is -0.184. The van der Waals surface area contributed by atoms with E-state index >= 15 is 0 Å². The number of hydrogen-bond acceptors (Lipinski definition) is 2. The van der Waals surface area contributed by atoms with E-state index in [1.165, 1.54) is 0 Å². The molecule has 22 rings (SSSR count). The third-order valence-electron chi connectivity index (χ3n) is 18.9. The van der Waals surface area contributed by atoms with Crippen LogP contribution in [-0.4, -0.2) is 9.13 Å². The van der Waals surface area contributed by atoms with Gasteiger partial charge in [0.1, 0.15) is 0 Å². The molecule has 584 valence electrons. The number of hydrogen-bond donors (Lipinski definition) is 0. The predicted octanol–water partition coefficient (Wildman–Crippen LogP) is 33.2. The lowest BCUT2D eigenvalue weighted by atomic mass is 9.98. The number of nitrogens with zero attached hydrogens (tertiary/aromatic N) is 4. The van der Waals surface area contributed by atoms with Crippen molar-refractivity contribution in [2.24, 2.45) is 0 Å². The van der Waals surface area contributed by atoms with E-state index in [0.29, 0.717) is 20.4 Å². The van der Waals surface area contributed by atoms with Crippen molar-refractivity contribution in [3.8, 4) is 123 Å². The minimum Gasteiger partial charge on any atom is -0.311 e. The summed E-state index contributed by atoms with van der Waals surface area (Å²) in [6.07, 6.45) is 0. The Bertz CT molecular complexity index is 11700. The van der Waals surface area contributed by atoms with Gasteiger partial charge < -0.3 is 18.9 Å². The molecule has 0 unspecified atom stereocenters. The zero-order valence-corrected chi connectivity index (χ0v) is 63.0. The first-order valence-corrected chi connectivity index (χ1v) is 37.0. The second-order valence-corrected chi connectivity index (χ2v) is 26.3. The molecule has 2 aromatic heterocycles. The highest BCUT2D eigenvalue weighted by Gasteiger charge is 2.21. The fraction of sp³-hybridized carbons (Fsp3) is 0. The highest BCUT2D eigenvalue weighted by atomic mass is 15.1. The van der Waals surface area contributed by atoms with Gasteiger partial charge in [0.25, 0.3) is 0 Å². The van der Waals surface area contributed by atoms with Crippen LogP contribution in [0, 0.1) is 0 Å². The van der Waals surface area contributed by atoms with Crippen molar-refractivity contribution in [2.75, 3.05) is 9.80 Å². The van der Waals surface area contributed by atoms with Gasteiger partial charge in [-0.15, -0.1) is 0 Å². The van der Waals surface area contributed by atoms with E-state index in [0.717, 1.165) is 27.7 Å². The second-order valence-electron chi connectivity index (χ2n) is 26.3. The molecule has 0 saturated carbocycles. The molecule has 0 aliphatic rings. The SMILES string of the molecule is [2H]c1c([2H])c([2H])c(-c2c([2H])c([2H])c(N(c3c([2H])c([2H])c(-c4c([2H])c([2H])c([2H])c(-c5c([2H])c([2H])c([2H])c([2H])c5[2H])c4[2H])c([2H])c3[2H])c3c([2H])c([2H])c(-c4c([2H])c([2H])c5c(c4[2H])c4c([2H])c([2H])c([2H])c([2H])c4n5-c4c([2H])c([2H])c(-c5c([2H])c([2H])c([2H])c([2H])c5[2H])c([2H])c4[2H])c([2H])c3[2H])c([2H])c2[2H])c([2H])c1[2H].[2H]c1c([2H])c([2H])c(-c2c([2H])c([2H])c(N(c3c([2H])c([2H])c(-c4ccc5c(c4)c4ccccc4n5-c4ccc(-c5ccccc5)cc4)c([2H])c3[2H])c3c([2H])c([2H])c(-c4c([2H])c([2H])c([2H])c(-c5c([2H])c([2H])c([2H])c([2H])c5[2H])c4[2H])c([2H])c3[2H])c([2H])c2[2H])c([2H])c1[2H]. The van der Waals surface area contributed by atoms with Gasteiger partial charge in [-0.25, -0.2) is 0 Å². The van der Waals surface area contributed by atoms with Crippen molar-refractivity contribution in [3.05, 3.63) is 508 Å². The molecule has 0 aliphatic heterocycles. The number of aromatic nitrogens is 2. The minimum absolute atomic E-state index is 0.165. The topological polar surface area (TPSA) is 16.3 Å². The van der Waals surface area contributed by atoms with E-state index in [9.17, 15) is 48.0 Å². The number of para-hydroxylation sites is 2. The van der Waals surface area contributed by atoms with Gasteiger partial charge >= 0.3 is 0 Å². The van der Waals surface area contributed by atoms with Crippen molar-refractivity contribution < 1.29 is 93.2 Å². The molecule has 2 heterocycles. The zero-order chi connectivity index (χ0) is 142. The maximum absolute atomic E-state index is 9.91. The Kier molecular flexibility index (Phi) is 8.71. The fourth-order valence-corrected chi connectivity index (χ4v) is 13.3. The average molecular weight is 1650 g/mol. The third kappa shape index (κ3) is 15.2. The van der Waals surface area contributed by atoms with Crippen molar-refractivity contribution >= 4 is 77.7 Å². The summed E-state index contributed by atoms with van der Waals surface area (Å²) in [6, 6.07) is -44.0.